The molecular weight excluding hydrogens is 276 g/mol. The number of ether oxygens (including phenoxy) is 1. The van der Waals surface area contributed by atoms with Crippen LogP contribution < -0.4 is 0 Å². The molecule has 0 atom stereocenters. The van der Waals surface area contributed by atoms with Crippen LogP contribution in [0.15, 0.2) is 30.9 Å². The Morgan fingerprint density at radius 3 is 2.95 bits per heavy atom. The summed E-state index contributed by atoms with van der Waals surface area (Å²) >= 11 is 6.09. The lowest BCUT2D eigenvalue weighted by molar-refractivity contribution is -0.0531. The fourth-order valence-corrected chi connectivity index (χ4v) is 2.62. The smallest absolute Gasteiger partial charge is 0.138 e. The first-order valence-electron chi connectivity index (χ1n) is 6.73. The van der Waals surface area contributed by atoms with E-state index >= 15 is 0 Å². The summed E-state index contributed by atoms with van der Waals surface area (Å²) in [5, 5.41) is 4.89. The maximum absolute atomic E-state index is 6.09. The SMILES string of the molecule is CCOC1CN(Cc2ccc(Cl)cc2-n2cncn2)C1. The normalized spacial score (nSPS) is 16.3. The third-order valence-electron chi connectivity index (χ3n) is 3.43. The van der Waals surface area contributed by atoms with Gasteiger partial charge in [-0.3, -0.25) is 4.90 Å². The molecule has 1 aromatic heterocycles. The van der Waals surface area contributed by atoms with E-state index in [4.69, 9.17) is 16.3 Å². The quantitative estimate of drug-likeness (QED) is 0.847. The van der Waals surface area contributed by atoms with Crippen molar-refractivity contribution in [1.82, 2.24) is 19.7 Å². The Balaban J connectivity index is 1.74. The highest BCUT2D eigenvalue weighted by Gasteiger charge is 2.27. The molecule has 0 aliphatic carbocycles. The monoisotopic (exact) mass is 292 g/mol. The van der Waals surface area contributed by atoms with Crippen molar-refractivity contribution in [3.05, 3.63) is 41.4 Å². The minimum Gasteiger partial charge on any atom is -0.376 e. The van der Waals surface area contributed by atoms with Gasteiger partial charge in [0.1, 0.15) is 12.7 Å². The van der Waals surface area contributed by atoms with Gasteiger partial charge in [-0.05, 0) is 24.6 Å². The van der Waals surface area contributed by atoms with Crippen molar-refractivity contribution in [2.24, 2.45) is 0 Å². The molecule has 5 nitrogen and oxygen atoms in total. The summed E-state index contributed by atoms with van der Waals surface area (Å²) in [5.41, 5.74) is 2.17. The largest absolute Gasteiger partial charge is 0.376 e. The summed E-state index contributed by atoms with van der Waals surface area (Å²) < 4.78 is 7.33. The van der Waals surface area contributed by atoms with Gasteiger partial charge >= 0.3 is 0 Å². The summed E-state index contributed by atoms with van der Waals surface area (Å²) in [6.07, 6.45) is 3.59. The molecule has 1 fully saturated rings. The van der Waals surface area contributed by atoms with E-state index in [2.05, 4.69) is 15.0 Å². The van der Waals surface area contributed by atoms with E-state index in [1.165, 1.54) is 11.9 Å². The maximum Gasteiger partial charge on any atom is 0.138 e. The van der Waals surface area contributed by atoms with Crippen molar-refractivity contribution in [3.8, 4) is 5.69 Å². The molecule has 1 saturated heterocycles. The molecule has 20 heavy (non-hydrogen) atoms. The average molecular weight is 293 g/mol. The van der Waals surface area contributed by atoms with Crippen molar-refractivity contribution in [3.63, 3.8) is 0 Å². The van der Waals surface area contributed by atoms with Crippen LogP contribution in [0.25, 0.3) is 5.69 Å². The molecule has 3 rings (SSSR count). The minimum absolute atomic E-state index is 0.377. The van der Waals surface area contributed by atoms with Gasteiger partial charge in [0, 0.05) is 31.3 Å². The Bertz CT molecular complexity index is 567. The lowest BCUT2D eigenvalue weighted by Gasteiger charge is -2.39. The number of nitrogens with zero attached hydrogens (tertiary/aromatic N) is 4. The van der Waals surface area contributed by atoms with E-state index in [0.29, 0.717) is 11.1 Å². The highest BCUT2D eigenvalue weighted by molar-refractivity contribution is 6.30. The highest BCUT2D eigenvalue weighted by atomic mass is 35.5. The molecule has 0 amide bonds. The Labute approximate surface area is 123 Å². The van der Waals surface area contributed by atoms with Gasteiger partial charge in [-0.15, -0.1) is 0 Å². The second-order valence-corrected chi connectivity index (χ2v) is 5.32. The lowest BCUT2D eigenvalue weighted by Crippen LogP contribution is -2.51. The van der Waals surface area contributed by atoms with Gasteiger partial charge < -0.3 is 4.74 Å². The number of hydrogen-bond acceptors (Lipinski definition) is 4. The Hall–Kier alpha value is -1.43. The third-order valence-corrected chi connectivity index (χ3v) is 3.67. The molecule has 0 saturated carbocycles. The van der Waals surface area contributed by atoms with Crippen molar-refractivity contribution in [2.75, 3.05) is 19.7 Å². The zero-order chi connectivity index (χ0) is 13.9. The summed E-state index contributed by atoms with van der Waals surface area (Å²) in [6, 6.07) is 5.88. The standard InChI is InChI=1S/C14H17ClN4O/c1-2-20-13-7-18(8-13)6-11-3-4-12(15)5-14(11)19-10-16-9-17-19/h3-5,9-10,13H,2,6-8H2,1H3. The summed E-state index contributed by atoms with van der Waals surface area (Å²) in [7, 11) is 0. The molecule has 1 aliphatic heterocycles. The van der Waals surface area contributed by atoms with Gasteiger partial charge in [0.2, 0.25) is 0 Å². The van der Waals surface area contributed by atoms with Crippen LogP contribution in [0.4, 0.5) is 0 Å². The molecule has 0 spiro atoms. The average Bonchev–Trinajstić information content (AvgIpc) is 2.92. The first-order chi connectivity index (χ1) is 9.76. The first-order valence-corrected chi connectivity index (χ1v) is 7.11. The molecule has 1 aromatic carbocycles. The summed E-state index contributed by atoms with van der Waals surface area (Å²) in [6.45, 7) is 5.64. The molecular formula is C14H17ClN4O. The maximum atomic E-state index is 6.09. The number of hydrogen-bond donors (Lipinski definition) is 0. The minimum atomic E-state index is 0.377. The van der Waals surface area contributed by atoms with Crippen molar-refractivity contribution < 1.29 is 4.74 Å². The van der Waals surface area contributed by atoms with Gasteiger partial charge in [-0.25, -0.2) is 9.67 Å². The molecule has 0 unspecified atom stereocenters. The highest BCUT2D eigenvalue weighted by Crippen LogP contribution is 2.23. The zero-order valence-corrected chi connectivity index (χ0v) is 12.1. The van der Waals surface area contributed by atoms with Crippen molar-refractivity contribution in [1.29, 1.82) is 0 Å². The third kappa shape index (κ3) is 2.85. The van der Waals surface area contributed by atoms with Crippen LogP contribution in [0, 0.1) is 0 Å². The molecule has 1 aliphatic rings. The molecule has 6 heteroatoms. The van der Waals surface area contributed by atoms with Crippen LogP contribution in [-0.2, 0) is 11.3 Å². The van der Waals surface area contributed by atoms with E-state index in [1.807, 2.05) is 25.1 Å². The van der Waals surface area contributed by atoms with Gasteiger partial charge in [-0.1, -0.05) is 17.7 Å². The second-order valence-electron chi connectivity index (χ2n) is 4.88. The Kier molecular flexibility index (Phi) is 4.00. The van der Waals surface area contributed by atoms with Crippen LogP contribution in [0.3, 0.4) is 0 Å². The zero-order valence-electron chi connectivity index (χ0n) is 11.4. The summed E-state index contributed by atoms with van der Waals surface area (Å²) in [4.78, 5) is 6.35. The van der Waals surface area contributed by atoms with Crippen molar-refractivity contribution >= 4 is 11.6 Å². The molecule has 0 radical (unpaired) electrons. The van der Waals surface area contributed by atoms with Crippen LogP contribution in [0.1, 0.15) is 12.5 Å². The molecule has 0 bridgehead atoms. The van der Waals surface area contributed by atoms with Gasteiger partial charge in [-0.2, -0.15) is 5.10 Å². The predicted octanol–water partition coefficient (Wildman–Crippen LogP) is 2.14. The van der Waals surface area contributed by atoms with Crippen molar-refractivity contribution in [2.45, 2.75) is 19.6 Å². The number of benzene rings is 1. The number of rotatable bonds is 5. The van der Waals surface area contributed by atoms with Gasteiger partial charge in [0.25, 0.3) is 0 Å². The second kappa shape index (κ2) is 5.91. The van der Waals surface area contributed by atoms with E-state index in [0.717, 1.165) is 31.9 Å². The lowest BCUT2D eigenvalue weighted by atomic mass is 10.1. The molecule has 2 aromatic rings. The molecule has 106 valence electrons. The molecule has 2 heterocycles. The van der Waals surface area contributed by atoms with Gasteiger partial charge in [0.05, 0.1) is 11.8 Å². The van der Waals surface area contributed by atoms with E-state index in [-0.39, 0.29) is 0 Å². The van der Waals surface area contributed by atoms with E-state index in [9.17, 15) is 0 Å². The fourth-order valence-electron chi connectivity index (χ4n) is 2.45. The first kappa shape index (κ1) is 13.5. The topological polar surface area (TPSA) is 43.2 Å². The Morgan fingerprint density at radius 2 is 2.25 bits per heavy atom. The van der Waals surface area contributed by atoms with Crippen LogP contribution >= 0.6 is 11.6 Å². The fraction of sp³-hybridized carbons (Fsp3) is 0.429. The van der Waals surface area contributed by atoms with Gasteiger partial charge in [0.15, 0.2) is 0 Å². The molecule has 0 N–H and O–H groups in total. The predicted molar refractivity (Wildman–Crippen MR) is 77.1 cm³/mol. The summed E-state index contributed by atoms with van der Waals surface area (Å²) in [5.74, 6) is 0. The Morgan fingerprint density at radius 1 is 1.40 bits per heavy atom. The number of aromatic nitrogens is 3. The number of likely N-dealkylation sites (tertiary alicyclic amines) is 1. The van der Waals surface area contributed by atoms with Crippen LogP contribution in [0.5, 0.6) is 0 Å². The van der Waals surface area contributed by atoms with E-state index in [1.54, 1.807) is 11.0 Å². The van der Waals surface area contributed by atoms with Crippen LogP contribution in [-0.4, -0.2) is 45.5 Å². The van der Waals surface area contributed by atoms with Crippen LogP contribution in [0.2, 0.25) is 5.02 Å². The van der Waals surface area contributed by atoms with E-state index < -0.39 is 0 Å². The number of halogens is 1.